The van der Waals surface area contributed by atoms with Gasteiger partial charge in [0.1, 0.15) is 5.75 Å². The Morgan fingerprint density at radius 3 is 2.62 bits per heavy atom. The van der Waals surface area contributed by atoms with Gasteiger partial charge in [-0.3, -0.25) is 9.59 Å². The van der Waals surface area contributed by atoms with Crippen molar-refractivity contribution in [1.82, 2.24) is 20.1 Å². The fraction of sp³-hybridized carbons (Fsp3) is 0.130. The molecule has 2 aromatic carbocycles. The summed E-state index contributed by atoms with van der Waals surface area (Å²) in [4.78, 5) is 30.4. The summed E-state index contributed by atoms with van der Waals surface area (Å²) in [6.45, 7) is 1.68. The van der Waals surface area contributed by atoms with Gasteiger partial charge in [-0.15, -0.1) is 16.4 Å². The van der Waals surface area contributed by atoms with E-state index in [2.05, 4.69) is 20.7 Å². The number of aromatic nitrogens is 3. The minimum atomic E-state index is -0.538. The topological polar surface area (TPSA) is 98.1 Å². The van der Waals surface area contributed by atoms with E-state index in [-0.39, 0.29) is 18.3 Å². The molecule has 2 amide bonds. The molecule has 2 heterocycles. The average Bonchev–Trinajstić information content (AvgIpc) is 3.48. The molecule has 32 heavy (non-hydrogen) atoms. The maximum absolute atomic E-state index is 12.7. The van der Waals surface area contributed by atoms with Crippen LogP contribution < -0.4 is 15.4 Å². The number of para-hydroxylation sites is 1. The lowest BCUT2D eigenvalue weighted by atomic mass is 10.2. The number of nitrogens with one attached hydrogen (secondary N) is 2. The van der Waals surface area contributed by atoms with Crippen LogP contribution in [0.15, 0.2) is 66.0 Å². The molecule has 0 saturated carbocycles. The molecular formula is C23H21N5O3S. The standard InChI is InChI=1S/C23H21N5O3S/c1-15-10-11-18(31-2)17(13-15)25-20(29)14-24-23(30)21-26-22(19-9-6-12-32-19)28(27-21)16-7-4-3-5-8-16/h3-13H,14H2,1-2H3,(H,24,30)(H,25,29). The van der Waals surface area contributed by atoms with Gasteiger partial charge >= 0.3 is 0 Å². The van der Waals surface area contributed by atoms with Gasteiger partial charge in [0.2, 0.25) is 11.7 Å². The number of aryl methyl sites for hydroxylation is 1. The van der Waals surface area contributed by atoms with Crippen molar-refractivity contribution in [2.75, 3.05) is 19.0 Å². The summed E-state index contributed by atoms with van der Waals surface area (Å²) in [5, 5.41) is 11.7. The van der Waals surface area contributed by atoms with Crippen LogP contribution in [-0.2, 0) is 4.79 Å². The summed E-state index contributed by atoms with van der Waals surface area (Å²) in [7, 11) is 1.53. The summed E-state index contributed by atoms with van der Waals surface area (Å²) < 4.78 is 6.89. The predicted octanol–water partition coefficient (Wildman–Crippen LogP) is 3.68. The zero-order chi connectivity index (χ0) is 22.5. The summed E-state index contributed by atoms with van der Waals surface area (Å²) >= 11 is 1.50. The van der Waals surface area contributed by atoms with Gasteiger partial charge in [0, 0.05) is 0 Å². The van der Waals surface area contributed by atoms with Crippen LogP contribution in [-0.4, -0.2) is 40.2 Å². The summed E-state index contributed by atoms with van der Waals surface area (Å²) in [6.07, 6.45) is 0. The monoisotopic (exact) mass is 447 g/mol. The quantitative estimate of drug-likeness (QED) is 0.450. The van der Waals surface area contributed by atoms with E-state index in [0.29, 0.717) is 17.3 Å². The first-order chi connectivity index (χ1) is 15.5. The average molecular weight is 448 g/mol. The number of methoxy groups -OCH3 is 1. The molecule has 2 aromatic heterocycles. The molecule has 2 N–H and O–H groups in total. The van der Waals surface area contributed by atoms with Crippen molar-refractivity contribution in [2.24, 2.45) is 0 Å². The van der Waals surface area contributed by atoms with Gasteiger partial charge in [0.05, 0.1) is 29.9 Å². The van der Waals surface area contributed by atoms with E-state index >= 15 is 0 Å². The molecule has 0 aliphatic heterocycles. The Kier molecular flexibility index (Phi) is 6.27. The molecule has 162 valence electrons. The molecule has 0 saturated heterocycles. The van der Waals surface area contributed by atoms with Gasteiger partial charge in [-0.05, 0) is 48.2 Å². The van der Waals surface area contributed by atoms with Crippen molar-refractivity contribution in [3.63, 3.8) is 0 Å². The van der Waals surface area contributed by atoms with Gasteiger partial charge in [-0.2, -0.15) is 0 Å². The lowest BCUT2D eigenvalue weighted by Gasteiger charge is -2.11. The maximum atomic E-state index is 12.7. The Morgan fingerprint density at radius 1 is 1.09 bits per heavy atom. The lowest BCUT2D eigenvalue weighted by molar-refractivity contribution is -0.115. The molecule has 0 atom stereocenters. The van der Waals surface area contributed by atoms with Crippen molar-refractivity contribution in [3.05, 3.63) is 77.4 Å². The molecule has 9 heteroatoms. The minimum absolute atomic E-state index is 0.0156. The Balaban J connectivity index is 1.49. The van der Waals surface area contributed by atoms with Crippen LogP contribution in [0, 0.1) is 6.92 Å². The van der Waals surface area contributed by atoms with Gasteiger partial charge < -0.3 is 15.4 Å². The highest BCUT2D eigenvalue weighted by Crippen LogP contribution is 2.26. The number of nitrogens with zero attached hydrogens (tertiary/aromatic N) is 3. The third-order valence-electron chi connectivity index (χ3n) is 4.59. The third-order valence-corrected chi connectivity index (χ3v) is 5.46. The van der Waals surface area contributed by atoms with Crippen LogP contribution in [0.5, 0.6) is 5.75 Å². The maximum Gasteiger partial charge on any atom is 0.291 e. The summed E-state index contributed by atoms with van der Waals surface area (Å²) in [6, 6.07) is 18.7. The molecule has 4 rings (SSSR count). The van der Waals surface area contributed by atoms with Crippen molar-refractivity contribution in [2.45, 2.75) is 6.92 Å². The van der Waals surface area contributed by atoms with E-state index in [4.69, 9.17) is 4.74 Å². The number of hydrogen-bond acceptors (Lipinski definition) is 6. The molecule has 0 radical (unpaired) electrons. The van der Waals surface area contributed by atoms with Crippen LogP contribution in [0.2, 0.25) is 0 Å². The van der Waals surface area contributed by atoms with Gasteiger partial charge in [0.15, 0.2) is 5.82 Å². The van der Waals surface area contributed by atoms with Gasteiger partial charge in [0.25, 0.3) is 5.91 Å². The minimum Gasteiger partial charge on any atom is -0.495 e. The molecule has 0 bridgehead atoms. The molecule has 0 spiro atoms. The van der Waals surface area contributed by atoms with E-state index in [0.717, 1.165) is 16.1 Å². The fourth-order valence-corrected chi connectivity index (χ4v) is 3.77. The van der Waals surface area contributed by atoms with Crippen LogP contribution in [0.1, 0.15) is 16.2 Å². The van der Waals surface area contributed by atoms with Crippen LogP contribution in [0.4, 0.5) is 5.69 Å². The van der Waals surface area contributed by atoms with E-state index < -0.39 is 5.91 Å². The van der Waals surface area contributed by atoms with E-state index in [9.17, 15) is 9.59 Å². The molecule has 0 aliphatic rings. The first kappa shape index (κ1) is 21.3. The van der Waals surface area contributed by atoms with Crippen molar-refractivity contribution >= 4 is 28.8 Å². The van der Waals surface area contributed by atoms with Crippen molar-refractivity contribution in [1.29, 1.82) is 0 Å². The van der Waals surface area contributed by atoms with Crippen LogP contribution in [0.25, 0.3) is 16.4 Å². The summed E-state index contributed by atoms with van der Waals surface area (Å²) in [5.41, 5.74) is 2.30. The Hall–Kier alpha value is -3.98. The van der Waals surface area contributed by atoms with Crippen LogP contribution in [0.3, 0.4) is 0 Å². The second kappa shape index (κ2) is 9.44. The Labute approximate surface area is 188 Å². The highest BCUT2D eigenvalue weighted by atomic mass is 32.1. The normalized spacial score (nSPS) is 10.6. The zero-order valence-corrected chi connectivity index (χ0v) is 18.3. The fourth-order valence-electron chi connectivity index (χ4n) is 3.08. The van der Waals surface area contributed by atoms with Gasteiger partial charge in [-0.25, -0.2) is 9.67 Å². The number of anilines is 1. The Bertz CT molecular complexity index is 1240. The number of benzene rings is 2. The molecule has 4 aromatic rings. The molecule has 0 fully saturated rings. The molecular weight excluding hydrogens is 426 g/mol. The predicted molar refractivity (Wildman–Crippen MR) is 123 cm³/mol. The van der Waals surface area contributed by atoms with Gasteiger partial charge in [-0.1, -0.05) is 30.3 Å². The van der Waals surface area contributed by atoms with E-state index in [1.54, 1.807) is 16.8 Å². The number of amides is 2. The van der Waals surface area contributed by atoms with E-state index in [1.807, 2.05) is 60.8 Å². The smallest absolute Gasteiger partial charge is 0.291 e. The first-order valence-electron chi connectivity index (χ1n) is 9.84. The molecule has 8 nitrogen and oxygen atoms in total. The highest BCUT2D eigenvalue weighted by Gasteiger charge is 2.20. The number of rotatable bonds is 7. The third kappa shape index (κ3) is 4.68. The summed E-state index contributed by atoms with van der Waals surface area (Å²) in [5.74, 6) is 0.162. The number of carbonyl (C=O) groups is 2. The number of carbonyl (C=O) groups excluding carboxylic acids is 2. The number of ether oxygens (including phenoxy) is 1. The second-order valence-corrected chi connectivity index (χ2v) is 7.87. The van der Waals surface area contributed by atoms with Crippen LogP contribution >= 0.6 is 11.3 Å². The van der Waals surface area contributed by atoms with Crippen molar-refractivity contribution in [3.8, 4) is 22.1 Å². The van der Waals surface area contributed by atoms with E-state index in [1.165, 1.54) is 18.4 Å². The van der Waals surface area contributed by atoms with Crippen molar-refractivity contribution < 1.29 is 14.3 Å². The number of hydrogen-bond donors (Lipinski definition) is 2. The second-order valence-electron chi connectivity index (χ2n) is 6.92. The lowest BCUT2D eigenvalue weighted by Crippen LogP contribution is -2.33. The molecule has 0 unspecified atom stereocenters. The highest BCUT2D eigenvalue weighted by molar-refractivity contribution is 7.13. The SMILES string of the molecule is COc1ccc(C)cc1NC(=O)CNC(=O)c1nc(-c2cccs2)n(-c2ccccc2)n1. The number of thiophene rings is 1. The largest absolute Gasteiger partial charge is 0.495 e. The first-order valence-corrected chi connectivity index (χ1v) is 10.7. The molecule has 0 aliphatic carbocycles. The zero-order valence-electron chi connectivity index (χ0n) is 17.5. The Morgan fingerprint density at radius 2 is 1.91 bits per heavy atom.